The number of anilines is 1. The molecule has 5 rings (SSSR count). The number of hydrogen-bond donors (Lipinski definition) is 2. The molecule has 0 saturated heterocycles. The molecular formula is C32H33N3O2. The van der Waals surface area contributed by atoms with Crippen LogP contribution in [-0.4, -0.2) is 30.9 Å². The number of aryl methyl sites for hydroxylation is 1. The van der Waals surface area contributed by atoms with Gasteiger partial charge < -0.3 is 15.5 Å². The first-order chi connectivity index (χ1) is 18.0. The third-order valence-corrected chi connectivity index (χ3v) is 7.36. The molecule has 4 aromatic carbocycles. The molecule has 4 aromatic rings. The third-order valence-electron chi connectivity index (χ3n) is 7.36. The maximum absolute atomic E-state index is 13.9. The average Bonchev–Trinajstić information content (AvgIpc) is 3.06. The first kappa shape index (κ1) is 24.7. The number of para-hydroxylation sites is 1. The Morgan fingerprint density at radius 1 is 0.892 bits per heavy atom. The summed E-state index contributed by atoms with van der Waals surface area (Å²) < 4.78 is 0. The Bertz CT molecular complexity index is 1420. The van der Waals surface area contributed by atoms with Gasteiger partial charge in [-0.25, -0.2) is 0 Å². The quantitative estimate of drug-likeness (QED) is 0.382. The lowest BCUT2D eigenvalue weighted by atomic mass is 9.95. The number of hydrogen-bond acceptors (Lipinski definition) is 3. The zero-order valence-electron chi connectivity index (χ0n) is 21.4. The summed E-state index contributed by atoms with van der Waals surface area (Å²) in [7, 11) is 1.74. The lowest BCUT2D eigenvalue weighted by molar-refractivity contribution is -0.128. The highest BCUT2D eigenvalue weighted by atomic mass is 16.2. The first-order valence-electron chi connectivity index (χ1n) is 13.0. The van der Waals surface area contributed by atoms with Crippen molar-refractivity contribution < 1.29 is 9.59 Å². The third kappa shape index (κ3) is 5.27. The Balaban J connectivity index is 1.50. The highest BCUT2D eigenvalue weighted by Gasteiger charge is 2.32. The number of likely N-dealkylation sites (N-methyl/N-ethyl adjacent to an activating group) is 1. The van der Waals surface area contributed by atoms with Gasteiger partial charge in [-0.15, -0.1) is 0 Å². The molecule has 1 aliphatic rings. The highest BCUT2D eigenvalue weighted by Crippen LogP contribution is 2.31. The Labute approximate surface area is 218 Å². The van der Waals surface area contributed by atoms with Crippen molar-refractivity contribution >= 4 is 28.3 Å². The van der Waals surface area contributed by atoms with Crippen molar-refractivity contribution in [3.63, 3.8) is 0 Å². The monoisotopic (exact) mass is 491 g/mol. The predicted octanol–water partition coefficient (Wildman–Crippen LogP) is 5.00. The fraction of sp³-hybridized carbons (Fsp3) is 0.250. The minimum atomic E-state index is -0.570. The number of carbonyl (C=O) groups is 2. The molecule has 5 heteroatoms. The van der Waals surface area contributed by atoms with Crippen molar-refractivity contribution in [2.24, 2.45) is 0 Å². The summed E-state index contributed by atoms with van der Waals surface area (Å²) in [5.74, 6) is -0.235. The van der Waals surface area contributed by atoms with Crippen LogP contribution >= 0.6 is 0 Å². The second kappa shape index (κ2) is 11.0. The van der Waals surface area contributed by atoms with Gasteiger partial charge in [-0.05, 0) is 72.3 Å². The van der Waals surface area contributed by atoms with Gasteiger partial charge in [-0.3, -0.25) is 9.59 Å². The predicted molar refractivity (Wildman–Crippen MR) is 150 cm³/mol. The standard InChI is InChI=1S/C32H33N3O2/c1-22(33-2)31(36)34-29-19-18-24-12-6-7-17-30(24)35(32(29)37)21-26-14-9-15-27-25(13-8-16-28(26)27)20-23-10-4-3-5-11-23/h3-17,22,29,33H,18-21H2,1-2H3,(H,34,36)/t22-,29?/m0/s1. The molecule has 0 saturated carbocycles. The largest absolute Gasteiger partial charge is 0.343 e. The van der Waals surface area contributed by atoms with Crippen LogP contribution in [0.2, 0.25) is 0 Å². The van der Waals surface area contributed by atoms with Crippen molar-refractivity contribution in [3.8, 4) is 0 Å². The van der Waals surface area contributed by atoms with E-state index in [2.05, 4.69) is 77.4 Å². The van der Waals surface area contributed by atoms with Crippen molar-refractivity contribution in [2.45, 2.75) is 44.8 Å². The number of benzene rings is 4. The topological polar surface area (TPSA) is 61.4 Å². The molecule has 0 bridgehead atoms. The smallest absolute Gasteiger partial charge is 0.249 e. The minimum absolute atomic E-state index is 0.0703. The molecule has 5 nitrogen and oxygen atoms in total. The Hall–Kier alpha value is -3.96. The van der Waals surface area contributed by atoms with Gasteiger partial charge in [0.25, 0.3) is 0 Å². The van der Waals surface area contributed by atoms with E-state index in [4.69, 9.17) is 0 Å². The molecule has 2 N–H and O–H groups in total. The molecule has 0 aromatic heterocycles. The fourth-order valence-electron chi connectivity index (χ4n) is 5.16. The molecule has 37 heavy (non-hydrogen) atoms. The Morgan fingerprint density at radius 2 is 1.57 bits per heavy atom. The Morgan fingerprint density at radius 3 is 2.32 bits per heavy atom. The van der Waals surface area contributed by atoms with E-state index in [1.54, 1.807) is 14.0 Å². The van der Waals surface area contributed by atoms with Crippen molar-refractivity contribution in [2.75, 3.05) is 11.9 Å². The van der Waals surface area contributed by atoms with Gasteiger partial charge in [-0.1, -0.05) is 84.9 Å². The molecule has 0 spiro atoms. The number of rotatable bonds is 7. The summed E-state index contributed by atoms with van der Waals surface area (Å²) in [4.78, 5) is 28.4. The van der Waals surface area contributed by atoms with E-state index < -0.39 is 6.04 Å². The van der Waals surface area contributed by atoms with Gasteiger partial charge in [0.2, 0.25) is 11.8 Å². The van der Waals surface area contributed by atoms with Crippen LogP contribution in [-0.2, 0) is 29.0 Å². The summed E-state index contributed by atoms with van der Waals surface area (Å²) in [6.45, 7) is 2.24. The molecule has 2 atom stereocenters. The maximum Gasteiger partial charge on any atom is 0.249 e. The van der Waals surface area contributed by atoms with E-state index in [0.717, 1.165) is 35.0 Å². The average molecular weight is 492 g/mol. The molecule has 1 aliphatic heterocycles. The van der Waals surface area contributed by atoms with Crippen LogP contribution in [0.5, 0.6) is 0 Å². The van der Waals surface area contributed by atoms with Crippen LogP contribution < -0.4 is 15.5 Å². The molecule has 0 aliphatic carbocycles. The summed E-state index contributed by atoms with van der Waals surface area (Å²) in [6, 6.07) is 30.4. The maximum atomic E-state index is 13.9. The van der Waals surface area contributed by atoms with E-state index in [1.807, 2.05) is 29.2 Å². The van der Waals surface area contributed by atoms with E-state index in [1.165, 1.54) is 16.5 Å². The second-order valence-electron chi connectivity index (χ2n) is 9.76. The van der Waals surface area contributed by atoms with Crippen molar-refractivity contribution in [1.29, 1.82) is 0 Å². The summed E-state index contributed by atoms with van der Waals surface area (Å²) in [6.07, 6.45) is 2.16. The normalized spacial score (nSPS) is 16.2. The minimum Gasteiger partial charge on any atom is -0.343 e. The number of carbonyl (C=O) groups excluding carboxylic acids is 2. The molecular weight excluding hydrogens is 458 g/mol. The molecule has 1 unspecified atom stereocenters. The van der Waals surface area contributed by atoms with Gasteiger partial charge in [0, 0.05) is 5.69 Å². The Kier molecular flexibility index (Phi) is 7.33. The summed E-state index contributed by atoms with van der Waals surface area (Å²) in [5.41, 5.74) is 5.67. The number of nitrogens with one attached hydrogen (secondary N) is 2. The molecule has 188 valence electrons. The number of nitrogens with zero attached hydrogens (tertiary/aromatic N) is 1. The van der Waals surface area contributed by atoms with E-state index >= 15 is 0 Å². The van der Waals surface area contributed by atoms with Gasteiger partial charge in [0.05, 0.1) is 12.6 Å². The van der Waals surface area contributed by atoms with Crippen LogP contribution in [0.1, 0.15) is 35.6 Å². The summed E-state index contributed by atoms with van der Waals surface area (Å²) in [5, 5.41) is 8.30. The van der Waals surface area contributed by atoms with Crippen LogP contribution in [0.25, 0.3) is 10.8 Å². The number of fused-ring (bicyclic) bond motifs is 2. The lowest BCUT2D eigenvalue weighted by Gasteiger charge is -2.27. The van der Waals surface area contributed by atoms with Crippen molar-refractivity contribution in [3.05, 3.63) is 113 Å². The lowest BCUT2D eigenvalue weighted by Crippen LogP contribution is -2.52. The molecule has 2 amide bonds. The van der Waals surface area contributed by atoms with Gasteiger partial charge in [-0.2, -0.15) is 0 Å². The zero-order chi connectivity index (χ0) is 25.8. The SMILES string of the molecule is CN[C@@H](C)C(=O)NC1CCc2ccccc2N(Cc2cccc3c(Cc4ccccc4)cccc23)C1=O. The summed E-state index contributed by atoms with van der Waals surface area (Å²) >= 11 is 0. The highest BCUT2D eigenvalue weighted by molar-refractivity contribution is 6.01. The molecule has 0 radical (unpaired) electrons. The van der Waals surface area contributed by atoms with Crippen LogP contribution in [0, 0.1) is 0 Å². The second-order valence-corrected chi connectivity index (χ2v) is 9.76. The van der Waals surface area contributed by atoms with E-state index in [-0.39, 0.29) is 17.9 Å². The van der Waals surface area contributed by atoms with Gasteiger partial charge in [0.1, 0.15) is 6.04 Å². The van der Waals surface area contributed by atoms with E-state index in [9.17, 15) is 9.59 Å². The van der Waals surface area contributed by atoms with Crippen molar-refractivity contribution in [1.82, 2.24) is 10.6 Å². The van der Waals surface area contributed by atoms with Gasteiger partial charge in [0.15, 0.2) is 0 Å². The number of amides is 2. The van der Waals surface area contributed by atoms with Crippen LogP contribution in [0.4, 0.5) is 5.69 Å². The van der Waals surface area contributed by atoms with Gasteiger partial charge >= 0.3 is 0 Å². The first-order valence-corrected chi connectivity index (χ1v) is 13.0. The van der Waals surface area contributed by atoms with E-state index in [0.29, 0.717) is 13.0 Å². The van der Waals surface area contributed by atoms with Crippen LogP contribution in [0.15, 0.2) is 91.0 Å². The molecule has 1 heterocycles. The fourth-order valence-corrected chi connectivity index (χ4v) is 5.16. The van der Waals surface area contributed by atoms with Crippen LogP contribution in [0.3, 0.4) is 0 Å². The zero-order valence-corrected chi connectivity index (χ0v) is 21.4. The molecule has 0 fully saturated rings.